The Morgan fingerprint density at radius 1 is 1.44 bits per heavy atom. The topological polar surface area (TPSA) is 51.5 Å². The van der Waals surface area contributed by atoms with Gasteiger partial charge in [0.2, 0.25) is 0 Å². The Bertz CT molecular complexity index is 577. The van der Waals surface area contributed by atoms with E-state index < -0.39 is 5.97 Å². The Hall–Kier alpha value is -1.50. The van der Waals surface area contributed by atoms with Gasteiger partial charge < -0.3 is 14.4 Å². The van der Waals surface area contributed by atoms with E-state index in [1.807, 2.05) is 31.2 Å². The van der Waals surface area contributed by atoms with Gasteiger partial charge in [0.05, 0.1) is 6.61 Å². The molecular weight excluding hydrogens is 345 g/mol. The van der Waals surface area contributed by atoms with Crippen molar-refractivity contribution in [1.29, 1.82) is 0 Å². The lowest BCUT2D eigenvalue weighted by Crippen LogP contribution is -2.05. The van der Waals surface area contributed by atoms with Crippen LogP contribution >= 0.6 is 22.6 Å². The minimum Gasteiger partial charge on any atom is -0.494 e. The molecule has 4 nitrogen and oxygen atoms in total. The van der Waals surface area contributed by atoms with Crippen molar-refractivity contribution in [2.24, 2.45) is 0 Å². The average molecular weight is 357 g/mol. The fraction of sp³-hybridized carbons (Fsp3) is 0.154. The third-order valence-electron chi connectivity index (χ3n) is 2.41. The molecule has 2 aromatic rings. The first-order valence-corrected chi connectivity index (χ1v) is 6.54. The van der Waals surface area contributed by atoms with Gasteiger partial charge in [-0.1, -0.05) is 6.07 Å². The fourth-order valence-electron chi connectivity index (χ4n) is 1.70. The van der Waals surface area contributed by atoms with Crippen LogP contribution in [0.2, 0.25) is 0 Å². The van der Waals surface area contributed by atoms with Gasteiger partial charge in [0, 0.05) is 21.5 Å². The highest BCUT2D eigenvalue weighted by Gasteiger charge is 2.13. The van der Waals surface area contributed by atoms with Crippen molar-refractivity contribution < 1.29 is 14.6 Å². The van der Waals surface area contributed by atoms with Crippen LogP contribution in [0.3, 0.4) is 0 Å². The van der Waals surface area contributed by atoms with Crippen LogP contribution in [0.1, 0.15) is 17.4 Å². The Kier molecular flexibility index (Phi) is 3.90. The van der Waals surface area contributed by atoms with E-state index in [-0.39, 0.29) is 5.69 Å². The summed E-state index contributed by atoms with van der Waals surface area (Å²) in [7, 11) is 0. The number of carbonyl (C=O) groups is 1. The minimum atomic E-state index is -0.945. The summed E-state index contributed by atoms with van der Waals surface area (Å²) in [6.07, 6.45) is 1.79. The quantitative estimate of drug-likeness (QED) is 0.856. The predicted molar refractivity (Wildman–Crippen MR) is 76.6 cm³/mol. The van der Waals surface area contributed by atoms with Crippen LogP contribution in [0.5, 0.6) is 5.75 Å². The highest BCUT2D eigenvalue weighted by molar-refractivity contribution is 14.1. The van der Waals surface area contributed by atoms with Crippen LogP contribution in [-0.2, 0) is 0 Å². The molecule has 0 amide bonds. The van der Waals surface area contributed by atoms with Crippen LogP contribution in [0.25, 0.3) is 5.69 Å². The number of aromatic nitrogens is 1. The molecular formula is C13H12INO3. The van der Waals surface area contributed by atoms with Gasteiger partial charge in [0.25, 0.3) is 0 Å². The van der Waals surface area contributed by atoms with Crippen LogP contribution in [0.15, 0.2) is 36.5 Å². The fourth-order valence-corrected chi connectivity index (χ4v) is 2.27. The molecule has 1 N–H and O–H groups in total. The molecule has 0 fully saturated rings. The number of hydrogen-bond donors (Lipinski definition) is 1. The second-order valence-corrected chi connectivity index (χ2v) is 4.89. The molecule has 1 aromatic heterocycles. The van der Waals surface area contributed by atoms with E-state index >= 15 is 0 Å². The zero-order valence-corrected chi connectivity index (χ0v) is 11.9. The molecule has 0 saturated carbocycles. The molecule has 0 saturated heterocycles. The van der Waals surface area contributed by atoms with Crippen molar-refractivity contribution in [3.05, 3.63) is 45.8 Å². The lowest BCUT2D eigenvalue weighted by molar-refractivity contribution is 0.0688. The lowest BCUT2D eigenvalue weighted by atomic mass is 10.3. The Morgan fingerprint density at radius 3 is 2.89 bits per heavy atom. The maximum Gasteiger partial charge on any atom is 0.352 e. The van der Waals surface area contributed by atoms with Gasteiger partial charge in [-0.3, -0.25) is 0 Å². The molecule has 94 valence electrons. The summed E-state index contributed by atoms with van der Waals surface area (Å²) in [6.45, 7) is 2.49. The van der Waals surface area contributed by atoms with Crippen LogP contribution in [0, 0.1) is 3.57 Å². The molecule has 5 heteroatoms. The number of aromatic carboxylic acids is 1. The number of carboxylic acids is 1. The molecule has 0 radical (unpaired) electrons. The number of halogens is 1. The smallest absolute Gasteiger partial charge is 0.352 e. The Balaban J connectivity index is 2.47. The van der Waals surface area contributed by atoms with Crippen LogP contribution in [0.4, 0.5) is 0 Å². The molecule has 0 unspecified atom stereocenters. The number of ether oxygens (including phenoxy) is 1. The van der Waals surface area contributed by atoms with Crippen molar-refractivity contribution in [2.45, 2.75) is 6.92 Å². The van der Waals surface area contributed by atoms with Crippen LogP contribution < -0.4 is 4.74 Å². The van der Waals surface area contributed by atoms with Crippen molar-refractivity contribution in [3.63, 3.8) is 0 Å². The summed E-state index contributed by atoms with van der Waals surface area (Å²) < 4.78 is 7.94. The van der Waals surface area contributed by atoms with E-state index in [2.05, 4.69) is 22.6 Å². The number of carboxylic acid groups (broad SMARTS) is 1. The van der Waals surface area contributed by atoms with Crippen molar-refractivity contribution in [3.8, 4) is 11.4 Å². The van der Waals surface area contributed by atoms with E-state index in [9.17, 15) is 4.79 Å². The molecule has 2 rings (SSSR count). The van der Waals surface area contributed by atoms with Gasteiger partial charge in [0.15, 0.2) is 0 Å². The second-order valence-electron chi connectivity index (χ2n) is 3.65. The third-order valence-corrected chi connectivity index (χ3v) is 3.00. The molecule has 0 aliphatic carbocycles. The molecule has 0 aliphatic heterocycles. The van der Waals surface area contributed by atoms with E-state index in [1.165, 1.54) is 0 Å². The summed E-state index contributed by atoms with van der Waals surface area (Å²) >= 11 is 2.10. The molecule has 0 aliphatic rings. The highest BCUT2D eigenvalue weighted by Crippen LogP contribution is 2.21. The van der Waals surface area contributed by atoms with E-state index in [4.69, 9.17) is 9.84 Å². The monoisotopic (exact) mass is 357 g/mol. The zero-order valence-electron chi connectivity index (χ0n) is 9.76. The maximum absolute atomic E-state index is 11.2. The van der Waals surface area contributed by atoms with Crippen molar-refractivity contribution in [2.75, 3.05) is 6.61 Å². The lowest BCUT2D eigenvalue weighted by Gasteiger charge is -2.08. The van der Waals surface area contributed by atoms with E-state index in [1.54, 1.807) is 16.8 Å². The molecule has 18 heavy (non-hydrogen) atoms. The minimum absolute atomic E-state index is 0.244. The van der Waals surface area contributed by atoms with Gasteiger partial charge in [0.1, 0.15) is 11.4 Å². The number of hydrogen-bond acceptors (Lipinski definition) is 2. The molecule has 0 bridgehead atoms. The normalized spacial score (nSPS) is 10.3. The van der Waals surface area contributed by atoms with E-state index in [0.717, 1.165) is 15.0 Å². The summed E-state index contributed by atoms with van der Waals surface area (Å²) in [5.74, 6) is -0.213. The summed E-state index contributed by atoms with van der Waals surface area (Å²) in [4.78, 5) is 11.2. The number of benzene rings is 1. The average Bonchev–Trinajstić information content (AvgIpc) is 2.72. The van der Waals surface area contributed by atoms with Gasteiger partial charge in [-0.2, -0.15) is 0 Å². The summed E-state index contributed by atoms with van der Waals surface area (Å²) in [6, 6.07) is 9.01. The SMILES string of the molecule is CCOc1cccc(-n2cc(I)cc2C(=O)O)c1. The van der Waals surface area contributed by atoms with Gasteiger partial charge in [-0.15, -0.1) is 0 Å². The van der Waals surface area contributed by atoms with Gasteiger partial charge in [-0.25, -0.2) is 4.79 Å². The van der Waals surface area contributed by atoms with Crippen molar-refractivity contribution >= 4 is 28.6 Å². The first-order valence-electron chi connectivity index (χ1n) is 5.46. The first kappa shape index (κ1) is 12.9. The third kappa shape index (κ3) is 2.66. The molecule has 0 atom stereocenters. The summed E-state index contributed by atoms with van der Waals surface area (Å²) in [5, 5.41) is 9.16. The van der Waals surface area contributed by atoms with Crippen molar-refractivity contribution in [1.82, 2.24) is 4.57 Å². The van der Waals surface area contributed by atoms with E-state index in [0.29, 0.717) is 6.61 Å². The maximum atomic E-state index is 11.2. The molecule has 0 spiro atoms. The standard InChI is InChI=1S/C13H12INO3/c1-2-18-11-5-3-4-10(7-11)15-8-9(14)6-12(15)13(16)17/h3-8H,2H2,1H3,(H,16,17). The second kappa shape index (κ2) is 5.43. The first-order chi connectivity index (χ1) is 8.61. The number of nitrogens with zero attached hydrogens (tertiary/aromatic N) is 1. The Labute approximate surface area is 118 Å². The molecule has 1 heterocycles. The number of rotatable bonds is 4. The highest BCUT2D eigenvalue weighted by atomic mass is 127. The Morgan fingerprint density at radius 2 is 2.22 bits per heavy atom. The largest absolute Gasteiger partial charge is 0.494 e. The zero-order chi connectivity index (χ0) is 13.1. The summed E-state index contributed by atoms with van der Waals surface area (Å²) in [5.41, 5.74) is 1.02. The van der Waals surface area contributed by atoms with Crippen LogP contribution in [-0.4, -0.2) is 22.2 Å². The predicted octanol–water partition coefficient (Wildman–Crippen LogP) is 3.18. The molecule has 1 aromatic carbocycles. The van der Waals surface area contributed by atoms with Gasteiger partial charge >= 0.3 is 5.97 Å². The van der Waals surface area contributed by atoms with Gasteiger partial charge in [-0.05, 0) is 47.7 Å².